The second-order valence-electron chi connectivity index (χ2n) is 25.4. The van der Waals surface area contributed by atoms with Crippen molar-refractivity contribution in [2.45, 2.75) is 216 Å². The van der Waals surface area contributed by atoms with Crippen LogP contribution in [0.2, 0.25) is 0 Å². The van der Waals surface area contributed by atoms with Gasteiger partial charge in [0.2, 0.25) is 65.0 Å². The summed E-state index contributed by atoms with van der Waals surface area (Å²) < 4.78 is 0. The second kappa shape index (κ2) is 34.0. The van der Waals surface area contributed by atoms with Gasteiger partial charge in [0.15, 0.2) is 0 Å². The molecule has 1 aliphatic rings. The van der Waals surface area contributed by atoms with Crippen molar-refractivity contribution >= 4 is 65.0 Å². The van der Waals surface area contributed by atoms with Crippen LogP contribution >= 0.6 is 0 Å². The fourth-order valence-corrected chi connectivity index (χ4v) is 10.0. The molecule has 23 heteroatoms. The third-order valence-corrected chi connectivity index (χ3v) is 15.4. The van der Waals surface area contributed by atoms with Gasteiger partial charge in [-0.05, 0) is 101 Å². The summed E-state index contributed by atoms with van der Waals surface area (Å²) >= 11 is 0. The summed E-state index contributed by atoms with van der Waals surface area (Å²) in [5.74, 6) is -9.95. The van der Waals surface area contributed by atoms with E-state index in [0.717, 1.165) is 9.80 Å². The number of amides is 11. The Bertz CT molecular complexity index is 2270. The van der Waals surface area contributed by atoms with Crippen LogP contribution in [0.25, 0.3) is 0 Å². The average Bonchev–Trinajstić information content (AvgIpc) is 3.42. The number of aliphatic hydroxyl groups excluding tert-OH is 1. The molecule has 1 aliphatic heterocycles. The minimum absolute atomic E-state index is 0.128. The second-order valence-corrected chi connectivity index (χ2v) is 25.4. The average molecular weight is 1170 g/mol. The van der Waals surface area contributed by atoms with Gasteiger partial charge < -0.3 is 61.1 Å². The minimum Gasteiger partial charge on any atom is -0.390 e. The first-order chi connectivity index (χ1) is 38.2. The maximum atomic E-state index is 14.8. The zero-order chi connectivity index (χ0) is 64.4. The first-order valence-electron chi connectivity index (χ1n) is 29.6. The molecular weight excluding hydrogens is 1070 g/mol. The van der Waals surface area contributed by atoms with Gasteiger partial charge in [0.25, 0.3) is 0 Å². The fraction of sp³-hybridized carbons (Fsp3) is 0.783. The van der Waals surface area contributed by atoms with Crippen molar-refractivity contribution in [3.8, 4) is 0 Å². The molecule has 83 heavy (non-hydrogen) atoms. The first kappa shape index (κ1) is 74.9. The Labute approximate surface area is 495 Å². The standard InChI is InChI=1S/C60H107N11O12/c1-24-25-26-38(14)50(73)49-55(78)63-40(16)56(79)66(18)31-46(72)67(19)42(27-32(2)3)53(76)64-47(36(10)11)59(82)69(21)43(28-33(4)5)52(75)61-39(15)51(74)62-41(17)57(80)70(22)45(30-35(8)9)58(81)68(20)44(29-34(6)7)54(77)65-48(37(12)13)60(83)71(49)23/h24-25,32-45,47-50,73H,26-31H2,1-23H3,(H,61,75)(H,62,74)(H,63,78)(H,64,76)(H,65,77)/b25-24+/t38-,39+,40-,41-,42+,43-,44+,45+,47+,48+,49+,50?/m1/s1. The van der Waals surface area contributed by atoms with Crippen molar-refractivity contribution in [1.82, 2.24) is 56.0 Å². The van der Waals surface area contributed by atoms with Crippen LogP contribution in [0.3, 0.4) is 0 Å². The Morgan fingerprint density at radius 1 is 0.434 bits per heavy atom. The molecule has 1 saturated heterocycles. The Morgan fingerprint density at radius 3 is 1.20 bits per heavy atom. The van der Waals surface area contributed by atoms with Crippen molar-refractivity contribution in [3.05, 3.63) is 12.2 Å². The lowest BCUT2D eigenvalue weighted by molar-refractivity contribution is -0.151. The summed E-state index contributed by atoms with van der Waals surface area (Å²) in [5, 5.41) is 25.6. The number of hydrogen-bond donors (Lipinski definition) is 6. The molecule has 474 valence electrons. The molecule has 0 saturated carbocycles. The predicted octanol–water partition coefficient (Wildman–Crippen LogP) is 2.54. The molecule has 0 aromatic heterocycles. The lowest BCUT2D eigenvalue weighted by Gasteiger charge is -2.38. The molecule has 0 aliphatic carbocycles. The molecule has 11 amide bonds. The van der Waals surface area contributed by atoms with Gasteiger partial charge in [-0.2, -0.15) is 0 Å². The van der Waals surface area contributed by atoms with Crippen LogP contribution in [-0.4, -0.2) is 215 Å². The highest BCUT2D eigenvalue weighted by Gasteiger charge is 2.44. The molecule has 0 aromatic rings. The SMILES string of the molecule is C/C=C/C[C@@H](C)C(O)[C@H]1C(=O)N[C@H](C)C(=O)N(C)CC(=O)N(C)[C@@H](CC(C)C)C(=O)N[C@@H](C(C)C)C(=O)N(C)[C@H](CC(C)C)C(=O)N[C@@H](C)C(=O)N[C@H](C)C(=O)N(C)[C@@H](CC(C)C)C(=O)N(C)[C@@H](CC(C)C)C(=O)N[C@@H](C(C)C)C(=O)N1C. The number of aliphatic hydroxyl groups is 1. The highest BCUT2D eigenvalue weighted by molar-refractivity contribution is 5.99. The van der Waals surface area contributed by atoms with Gasteiger partial charge >= 0.3 is 0 Å². The van der Waals surface area contributed by atoms with E-state index in [4.69, 9.17) is 0 Å². The maximum Gasteiger partial charge on any atom is 0.246 e. The summed E-state index contributed by atoms with van der Waals surface area (Å²) in [6.07, 6.45) is 2.98. The third kappa shape index (κ3) is 21.8. The minimum atomic E-state index is -1.61. The van der Waals surface area contributed by atoms with E-state index in [-0.39, 0.29) is 49.4 Å². The monoisotopic (exact) mass is 1170 g/mol. The summed E-state index contributed by atoms with van der Waals surface area (Å²) in [5.41, 5.74) is 0. The number of hydrogen-bond acceptors (Lipinski definition) is 12. The van der Waals surface area contributed by atoms with E-state index in [2.05, 4.69) is 26.6 Å². The zero-order valence-corrected chi connectivity index (χ0v) is 54.4. The van der Waals surface area contributed by atoms with Crippen LogP contribution in [-0.2, 0) is 52.7 Å². The summed E-state index contributed by atoms with van der Waals surface area (Å²) in [6.45, 7) is 28.9. The van der Waals surface area contributed by atoms with E-state index in [9.17, 15) is 57.8 Å². The van der Waals surface area contributed by atoms with Gasteiger partial charge in [0, 0.05) is 42.3 Å². The van der Waals surface area contributed by atoms with E-state index in [1.54, 1.807) is 53.7 Å². The summed E-state index contributed by atoms with van der Waals surface area (Å²) in [7, 11) is 8.37. The molecule has 0 bridgehead atoms. The Balaban J connectivity index is 4.22. The molecule has 23 nitrogen and oxygen atoms in total. The van der Waals surface area contributed by atoms with E-state index < -0.39 is 156 Å². The highest BCUT2D eigenvalue weighted by atomic mass is 16.3. The van der Waals surface area contributed by atoms with E-state index >= 15 is 0 Å². The fourth-order valence-electron chi connectivity index (χ4n) is 10.0. The van der Waals surface area contributed by atoms with E-state index in [0.29, 0.717) is 6.42 Å². The molecule has 1 heterocycles. The van der Waals surface area contributed by atoms with Crippen LogP contribution < -0.4 is 26.6 Å². The Morgan fingerprint density at radius 2 is 0.783 bits per heavy atom. The maximum absolute atomic E-state index is 14.8. The molecule has 6 N–H and O–H groups in total. The van der Waals surface area contributed by atoms with Crippen molar-refractivity contribution < 1.29 is 57.8 Å². The van der Waals surface area contributed by atoms with Gasteiger partial charge in [-0.25, -0.2) is 0 Å². The van der Waals surface area contributed by atoms with Crippen LogP contribution in [0.5, 0.6) is 0 Å². The van der Waals surface area contributed by atoms with E-state index in [1.165, 1.54) is 82.7 Å². The predicted molar refractivity (Wildman–Crippen MR) is 319 cm³/mol. The Hall–Kier alpha value is -6.13. The van der Waals surface area contributed by atoms with Gasteiger partial charge in [0.05, 0.1) is 12.6 Å². The van der Waals surface area contributed by atoms with Gasteiger partial charge in [0.1, 0.15) is 60.4 Å². The number of carbonyl (C=O) groups is 11. The lowest BCUT2D eigenvalue weighted by Crippen LogP contribution is -2.63. The molecule has 0 aromatic carbocycles. The molecule has 0 spiro atoms. The largest absolute Gasteiger partial charge is 0.390 e. The number of nitrogens with zero attached hydrogens (tertiary/aromatic N) is 6. The van der Waals surface area contributed by atoms with Crippen molar-refractivity contribution in [1.29, 1.82) is 0 Å². The summed E-state index contributed by atoms with van der Waals surface area (Å²) in [4.78, 5) is 165. The molecule has 0 radical (unpaired) electrons. The molecule has 12 atom stereocenters. The smallest absolute Gasteiger partial charge is 0.246 e. The molecule has 1 rings (SSSR count). The lowest BCUT2D eigenvalue weighted by atomic mass is 9.91. The molecular formula is C60H107N11O12. The topological polar surface area (TPSA) is 288 Å². The third-order valence-electron chi connectivity index (χ3n) is 15.4. The quantitative estimate of drug-likeness (QED) is 0.137. The molecule has 1 fully saturated rings. The number of likely N-dealkylation sites (N-methyl/N-ethyl adjacent to an activating group) is 6. The summed E-state index contributed by atoms with van der Waals surface area (Å²) in [6, 6.07) is -12.4. The van der Waals surface area contributed by atoms with E-state index in [1.807, 2.05) is 55.4 Å². The normalized spacial score (nSPS) is 27.1. The van der Waals surface area contributed by atoms with Crippen LogP contribution in [0.4, 0.5) is 0 Å². The number of allylic oxidation sites excluding steroid dienone is 2. The van der Waals surface area contributed by atoms with Gasteiger partial charge in [-0.3, -0.25) is 52.7 Å². The number of nitrogens with one attached hydrogen (secondary N) is 5. The van der Waals surface area contributed by atoms with Crippen molar-refractivity contribution in [2.75, 3.05) is 48.8 Å². The zero-order valence-electron chi connectivity index (χ0n) is 54.4. The van der Waals surface area contributed by atoms with Gasteiger partial charge in [-0.15, -0.1) is 0 Å². The van der Waals surface area contributed by atoms with Crippen LogP contribution in [0.15, 0.2) is 12.2 Å². The Kier molecular flexibility index (Phi) is 30.7. The number of carbonyl (C=O) groups excluding carboxylic acids is 11. The number of rotatable bonds is 14. The van der Waals surface area contributed by atoms with Crippen LogP contribution in [0.1, 0.15) is 150 Å². The highest BCUT2D eigenvalue weighted by Crippen LogP contribution is 2.23. The first-order valence-corrected chi connectivity index (χ1v) is 29.6. The van der Waals surface area contributed by atoms with Gasteiger partial charge in [-0.1, -0.05) is 102 Å². The van der Waals surface area contributed by atoms with Crippen molar-refractivity contribution in [3.63, 3.8) is 0 Å². The van der Waals surface area contributed by atoms with Crippen LogP contribution in [0, 0.1) is 41.4 Å². The molecule has 1 unspecified atom stereocenters. The van der Waals surface area contributed by atoms with Crippen molar-refractivity contribution in [2.24, 2.45) is 41.4 Å².